The Labute approximate surface area is 159 Å². The summed E-state index contributed by atoms with van der Waals surface area (Å²) < 4.78 is 5.85. The fourth-order valence-electron chi connectivity index (χ4n) is 4.05. The van der Waals surface area contributed by atoms with E-state index >= 15 is 0 Å². The summed E-state index contributed by atoms with van der Waals surface area (Å²) in [6.07, 6.45) is 6.58. The summed E-state index contributed by atoms with van der Waals surface area (Å²) in [5.41, 5.74) is 1.49. The van der Waals surface area contributed by atoms with Gasteiger partial charge in [0.15, 0.2) is 0 Å². The molecule has 5 nitrogen and oxygen atoms in total. The fourth-order valence-corrected chi connectivity index (χ4v) is 5.24. The monoisotopic (exact) mass is 375 g/mol. The molecule has 0 amide bonds. The Morgan fingerprint density at radius 2 is 2.12 bits per heavy atom. The fraction of sp³-hybridized carbons (Fsp3) is 0.700. The van der Waals surface area contributed by atoms with Crippen LogP contribution in [0.5, 0.6) is 0 Å². The summed E-state index contributed by atoms with van der Waals surface area (Å²) in [6, 6.07) is 2.89. The number of nitrogens with zero attached hydrogens (tertiary/aromatic N) is 3. The summed E-state index contributed by atoms with van der Waals surface area (Å²) >= 11 is 1.89. The van der Waals surface area contributed by atoms with Gasteiger partial charge in [-0.05, 0) is 63.1 Å². The molecule has 0 spiro atoms. The summed E-state index contributed by atoms with van der Waals surface area (Å²) in [7, 11) is 0. The van der Waals surface area contributed by atoms with Crippen LogP contribution in [-0.2, 0) is 19.4 Å². The minimum absolute atomic E-state index is 0.242. The second-order valence-corrected chi connectivity index (χ2v) is 8.99. The number of piperidine rings is 1. The van der Waals surface area contributed by atoms with Crippen LogP contribution in [0.1, 0.15) is 78.5 Å². The third-order valence-corrected chi connectivity index (χ3v) is 7.14. The third kappa shape index (κ3) is 3.87. The standard InChI is InChI=1S/C20H29N3O2S/c1-3-16-11-17(18(26-16)7-9-24)15-6-8-23(13(2)10-15)12-19-21-22-20(25-19)14-4-5-14/h11,13-15,24H,3-10,12H2,1-2H3. The van der Waals surface area contributed by atoms with Crippen LogP contribution in [0.15, 0.2) is 10.5 Å². The summed E-state index contributed by atoms with van der Waals surface area (Å²) in [6.45, 7) is 6.59. The number of likely N-dealkylation sites (tertiary alicyclic amines) is 1. The molecule has 26 heavy (non-hydrogen) atoms. The lowest BCUT2D eigenvalue weighted by Crippen LogP contribution is -2.39. The number of aryl methyl sites for hydroxylation is 1. The topological polar surface area (TPSA) is 62.4 Å². The molecule has 2 aromatic heterocycles. The molecule has 2 atom stereocenters. The molecule has 3 heterocycles. The predicted molar refractivity (Wildman–Crippen MR) is 103 cm³/mol. The molecule has 2 aliphatic rings. The van der Waals surface area contributed by atoms with Crippen molar-refractivity contribution in [3.8, 4) is 0 Å². The van der Waals surface area contributed by atoms with E-state index in [1.54, 1.807) is 0 Å². The molecular weight excluding hydrogens is 346 g/mol. The van der Waals surface area contributed by atoms with E-state index in [4.69, 9.17) is 4.42 Å². The number of thiophene rings is 1. The van der Waals surface area contributed by atoms with Crippen molar-refractivity contribution in [2.75, 3.05) is 13.2 Å². The van der Waals surface area contributed by atoms with E-state index in [1.807, 2.05) is 11.3 Å². The normalized spacial score (nSPS) is 24.3. The maximum Gasteiger partial charge on any atom is 0.230 e. The first-order valence-electron chi connectivity index (χ1n) is 9.96. The number of hydrogen-bond donors (Lipinski definition) is 1. The van der Waals surface area contributed by atoms with Gasteiger partial charge in [0.2, 0.25) is 11.8 Å². The molecule has 0 aromatic carbocycles. The highest BCUT2D eigenvalue weighted by Gasteiger charge is 2.32. The van der Waals surface area contributed by atoms with Crippen LogP contribution in [0.3, 0.4) is 0 Å². The van der Waals surface area contributed by atoms with Crippen molar-refractivity contribution in [2.24, 2.45) is 0 Å². The lowest BCUT2D eigenvalue weighted by Gasteiger charge is -2.37. The molecule has 2 fully saturated rings. The quantitative estimate of drug-likeness (QED) is 0.796. The van der Waals surface area contributed by atoms with Gasteiger partial charge >= 0.3 is 0 Å². The Bertz CT molecular complexity index is 737. The van der Waals surface area contributed by atoms with Gasteiger partial charge in [-0.2, -0.15) is 0 Å². The number of aliphatic hydroxyl groups is 1. The number of hydrogen-bond acceptors (Lipinski definition) is 6. The van der Waals surface area contributed by atoms with Crippen molar-refractivity contribution in [2.45, 2.75) is 76.8 Å². The van der Waals surface area contributed by atoms with Crippen molar-refractivity contribution >= 4 is 11.3 Å². The van der Waals surface area contributed by atoms with Crippen molar-refractivity contribution in [1.29, 1.82) is 0 Å². The molecule has 1 saturated carbocycles. The molecule has 2 unspecified atom stereocenters. The lowest BCUT2D eigenvalue weighted by atomic mass is 9.85. The lowest BCUT2D eigenvalue weighted by molar-refractivity contribution is 0.126. The first-order chi connectivity index (χ1) is 12.7. The molecule has 6 heteroatoms. The Kier molecular flexibility index (Phi) is 5.43. The van der Waals surface area contributed by atoms with Crippen LogP contribution in [0.2, 0.25) is 0 Å². The Morgan fingerprint density at radius 3 is 2.81 bits per heavy atom. The van der Waals surface area contributed by atoms with E-state index < -0.39 is 0 Å². The highest BCUT2D eigenvalue weighted by Crippen LogP contribution is 2.40. The maximum absolute atomic E-state index is 9.40. The highest BCUT2D eigenvalue weighted by atomic mass is 32.1. The third-order valence-electron chi connectivity index (χ3n) is 5.78. The van der Waals surface area contributed by atoms with Crippen LogP contribution in [-0.4, -0.2) is 39.4 Å². The Morgan fingerprint density at radius 1 is 1.27 bits per heavy atom. The van der Waals surface area contributed by atoms with Gasteiger partial charge in [0.1, 0.15) is 0 Å². The molecule has 1 N–H and O–H groups in total. The zero-order valence-corrected chi connectivity index (χ0v) is 16.6. The van der Waals surface area contributed by atoms with Gasteiger partial charge in [-0.1, -0.05) is 6.92 Å². The minimum Gasteiger partial charge on any atom is -0.424 e. The zero-order chi connectivity index (χ0) is 18.1. The second kappa shape index (κ2) is 7.79. The first kappa shape index (κ1) is 18.1. The van der Waals surface area contributed by atoms with E-state index in [0.29, 0.717) is 17.9 Å². The van der Waals surface area contributed by atoms with Gasteiger partial charge in [0.05, 0.1) is 6.54 Å². The van der Waals surface area contributed by atoms with Crippen molar-refractivity contribution in [3.05, 3.63) is 33.2 Å². The molecule has 1 saturated heterocycles. The molecule has 1 aliphatic heterocycles. The van der Waals surface area contributed by atoms with Gasteiger partial charge < -0.3 is 9.52 Å². The minimum atomic E-state index is 0.242. The first-order valence-corrected chi connectivity index (χ1v) is 10.8. The zero-order valence-electron chi connectivity index (χ0n) is 15.8. The van der Waals surface area contributed by atoms with Gasteiger partial charge in [-0.25, -0.2) is 0 Å². The van der Waals surface area contributed by atoms with Crippen LogP contribution < -0.4 is 0 Å². The van der Waals surface area contributed by atoms with E-state index in [9.17, 15) is 5.11 Å². The van der Waals surface area contributed by atoms with Crippen LogP contribution in [0, 0.1) is 0 Å². The molecule has 142 valence electrons. The van der Waals surface area contributed by atoms with E-state index in [0.717, 1.165) is 50.6 Å². The predicted octanol–water partition coefficient (Wildman–Crippen LogP) is 3.87. The maximum atomic E-state index is 9.40. The molecule has 4 rings (SSSR count). The average molecular weight is 376 g/mol. The summed E-state index contributed by atoms with van der Waals surface area (Å²) in [5.74, 6) is 2.73. The second-order valence-electron chi connectivity index (χ2n) is 7.77. The molecule has 0 radical (unpaired) electrons. The van der Waals surface area contributed by atoms with E-state index in [-0.39, 0.29) is 6.61 Å². The SMILES string of the molecule is CCc1cc(C2CCN(Cc3nnc(C4CC4)o3)C(C)C2)c(CCO)s1. The number of aromatic nitrogens is 2. The van der Waals surface area contributed by atoms with Crippen molar-refractivity contribution in [1.82, 2.24) is 15.1 Å². The largest absolute Gasteiger partial charge is 0.424 e. The van der Waals surface area contributed by atoms with E-state index in [2.05, 4.69) is 35.0 Å². The van der Waals surface area contributed by atoms with Crippen molar-refractivity contribution in [3.63, 3.8) is 0 Å². The van der Waals surface area contributed by atoms with Gasteiger partial charge in [0, 0.05) is 34.7 Å². The summed E-state index contributed by atoms with van der Waals surface area (Å²) in [5, 5.41) is 17.9. The molecular formula is C20H29N3O2S. The Balaban J connectivity index is 1.40. The number of aliphatic hydroxyl groups excluding tert-OH is 1. The van der Waals surface area contributed by atoms with Crippen molar-refractivity contribution < 1.29 is 9.52 Å². The van der Waals surface area contributed by atoms with Crippen LogP contribution in [0.4, 0.5) is 0 Å². The molecule has 1 aliphatic carbocycles. The smallest absolute Gasteiger partial charge is 0.230 e. The summed E-state index contributed by atoms with van der Waals surface area (Å²) in [4.78, 5) is 5.30. The molecule has 0 bridgehead atoms. The van der Waals surface area contributed by atoms with E-state index in [1.165, 1.54) is 28.2 Å². The van der Waals surface area contributed by atoms with Gasteiger partial charge in [0.25, 0.3) is 0 Å². The average Bonchev–Trinajstić information content (AvgIpc) is 3.25. The van der Waals surface area contributed by atoms with Gasteiger partial charge in [-0.3, -0.25) is 4.90 Å². The highest BCUT2D eigenvalue weighted by molar-refractivity contribution is 7.12. The van der Waals surface area contributed by atoms with Crippen LogP contribution >= 0.6 is 11.3 Å². The Hall–Kier alpha value is -1.24. The van der Waals surface area contributed by atoms with Crippen LogP contribution in [0.25, 0.3) is 0 Å². The molecule has 2 aromatic rings. The van der Waals surface area contributed by atoms with Gasteiger partial charge in [-0.15, -0.1) is 21.5 Å². The number of rotatable bonds is 7.